The molecule has 0 spiro atoms. The summed E-state index contributed by atoms with van der Waals surface area (Å²) in [7, 11) is 0. The first kappa shape index (κ1) is 33.4. The summed E-state index contributed by atoms with van der Waals surface area (Å²) in [6.45, 7) is 5.61. The lowest BCUT2D eigenvalue weighted by Gasteiger charge is -2.24. The summed E-state index contributed by atoms with van der Waals surface area (Å²) in [5.41, 5.74) is 4.55. The van der Waals surface area contributed by atoms with E-state index >= 15 is 0 Å². The maximum atomic E-state index is 13.9. The van der Waals surface area contributed by atoms with E-state index in [2.05, 4.69) is 23.3 Å². The minimum absolute atomic E-state index is 0.102. The zero-order valence-corrected chi connectivity index (χ0v) is 25.7. The van der Waals surface area contributed by atoms with Gasteiger partial charge in [0.05, 0.1) is 30.8 Å². The third-order valence-electron chi connectivity index (χ3n) is 7.20. The molecule has 46 heavy (non-hydrogen) atoms. The topological polar surface area (TPSA) is 118 Å². The van der Waals surface area contributed by atoms with E-state index < -0.39 is 29.9 Å². The number of esters is 1. The Morgan fingerprint density at radius 2 is 1.48 bits per heavy atom. The number of hydrogen-bond donors (Lipinski definition) is 2. The number of ether oxygens (including phenoxy) is 2. The predicted octanol–water partition coefficient (Wildman–Crippen LogP) is 5.42. The Balaban J connectivity index is 1.47. The number of carbonyl (C=O) groups excluding carboxylic acids is 3. The molecule has 4 rings (SSSR count). The Morgan fingerprint density at radius 1 is 0.826 bits per heavy atom. The SMILES string of the molecule is C=CCOC(=O)c1cccc(COC[C@@H](C#N)NC(=O)[C@H](Cc2cccc(C)c2)NC(=O)C(c2ccccc2)c2ccccc2)c1. The van der Waals surface area contributed by atoms with Crippen LogP contribution in [0.2, 0.25) is 0 Å². The Bertz CT molecular complexity index is 1630. The van der Waals surface area contributed by atoms with Gasteiger partial charge in [-0.05, 0) is 41.3 Å². The normalized spacial score (nSPS) is 11.9. The van der Waals surface area contributed by atoms with Crippen molar-refractivity contribution < 1.29 is 23.9 Å². The molecule has 0 unspecified atom stereocenters. The highest BCUT2D eigenvalue weighted by Crippen LogP contribution is 2.25. The molecule has 8 nitrogen and oxygen atoms in total. The average Bonchev–Trinajstić information content (AvgIpc) is 3.07. The molecule has 0 saturated heterocycles. The molecule has 0 fully saturated rings. The highest BCUT2D eigenvalue weighted by molar-refractivity contribution is 5.93. The summed E-state index contributed by atoms with van der Waals surface area (Å²) in [6, 6.07) is 33.4. The van der Waals surface area contributed by atoms with Crippen molar-refractivity contribution in [3.05, 3.63) is 155 Å². The second-order valence-corrected chi connectivity index (χ2v) is 10.8. The van der Waals surface area contributed by atoms with Gasteiger partial charge in [-0.1, -0.05) is 115 Å². The van der Waals surface area contributed by atoms with Gasteiger partial charge in [0, 0.05) is 6.42 Å². The number of hydrogen-bond acceptors (Lipinski definition) is 6. The number of aryl methyl sites for hydroxylation is 1. The van der Waals surface area contributed by atoms with Crippen LogP contribution in [0.5, 0.6) is 0 Å². The summed E-state index contributed by atoms with van der Waals surface area (Å²) < 4.78 is 10.8. The van der Waals surface area contributed by atoms with Gasteiger partial charge in [-0.3, -0.25) is 9.59 Å². The van der Waals surface area contributed by atoms with Gasteiger partial charge in [0.15, 0.2) is 0 Å². The highest BCUT2D eigenvalue weighted by Gasteiger charge is 2.29. The fourth-order valence-electron chi connectivity index (χ4n) is 5.01. The molecule has 8 heteroatoms. The second kappa shape index (κ2) is 17.1. The van der Waals surface area contributed by atoms with E-state index in [0.29, 0.717) is 11.1 Å². The average molecular weight is 616 g/mol. The number of carbonyl (C=O) groups is 3. The number of nitriles is 1. The number of amides is 2. The summed E-state index contributed by atoms with van der Waals surface area (Å²) in [6.07, 6.45) is 1.71. The maximum absolute atomic E-state index is 13.9. The van der Waals surface area contributed by atoms with E-state index in [1.807, 2.05) is 91.9 Å². The van der Waals surface area contributed by atoms with Crippen LogP contribution in [0.15, 0.2) is 122 Å². The van der Waals surface area contributed by atoms with Crippen molar-refractivity contribution in [3.63, 3.8) is 0 Å². The minimum Gasteiger partial charge on any atom is -0.458 e. The van der Waals surface area contributed by atoms with Crippen LogP contribution in [-0.2, 0) is 32.1 Å². The van der Waals surface area contributed by atoms with Crippen LogP contribution in [-0.4, -0.2) is 43.1 Å². The quantitative estimate of drug-likeness (QED) is 0.136. The molecule has 2 N–H and O–H groups in total. The summed E-state index contributed by atoms with van der Waals surface area (Å²) in [4.78, 5) is 39.8. The molecule has 0 aliphatic carbocycles. The predicted molar refractivity (Wildman–Crippen MR) is 176 cm³/mol. The van der Waals surface area contributed by atoms with Gasteiger partial charge in [-0.15, -0.1) is 0 Å². The molecule has 0 aliphatic rings. The van der Waals surface area contributed by atoms with Crippen LogP contribution in [0.4, 0.5) is 0 Å². The van der Waals surface area contributed by atoms with Crippen LogP contribution >= 0.6 is 0 Å². The van der Waals surface area contributed by atoms with Crippen molar-refractivity contribution in [1.82, 2.24) is 10.6 Å². The molecular weight excluding hydrogens is 578 g/mol. The fraction of sp³-hybridized carbons (Fsp3) is 0.211. The Kier molecular flexibility index (Phi) is 12.4. The van der Waals surface area contributed by atoms with Gasteiger partial charge in [0.25, 0.3) is 0 Å². The van der Waals surface area contributed by atoms with Gasteiger partial charge in [-0.2, -0.15) is 5.26 Å². The van der Waals surface area contributed by atoms with Crippen molar-refractivity contribution in [2.45, 2.75) is 38.0 Å². The minimum atomic E-state index is -0.982. The fourth-order valence-corrected chi connectivity index (χ4v) is 5.01. The zero-order chi connectivity index (χ0) is 32.7. The van der Waals surface area contributed by atoms with Crippen LogP contribution < -0.4 is 10.6 Å². The second-order valence-electron chi connectivity index (χ2n) is 10.8. The molecule has 2 amide bonds. The molecule has 0 aliphatic heterocycles. The number of benzene rings is 4. The first-order valence-electron chi connectivity index (χ1n) is 15.0. The first-order valence-corrected chi connectivity index (χ1v) is 15.0. The Labute approximate surface area is 269 Å². The number of nitrogens with zero attached hydrogens (tertiary/aromatic N) is 1. The number of rotatable bonds is 15. The van der Waals surface area contributed by atoms with Crippen molar-refractivity contribution in [1.29, 1.82) is 5.26 Å². The lowest BCUT2D eigenvalue weighted by Crippen LogP contribution is -2.52. The van der Waals surface area contributed by atoms with E-state index in [1.54, 1.807) is 24.3 Å². The molecule has 234 valence electrons. The maximum Gasteiger partial charge on any atom is 0.338 e. The van der Waals surface area contributed by atoms with Crippen molar-refractivity contribution in [3.8, 4) is 6.07 Å². The summed E-state index contributed by atoms with van der Waals surface area (Å²) in [5.74, 6) is -1.96. The molecule has 0 heterocycles. The molecule has 4 aromatic carbocycles. The molecular formula is C38H37N3O5. The molecule has 0 saturated carbocycles. The molecule has 2 atom stereocenters. The van der Waals surface area contributed by atoms with Crippen LogP contribution in [0.1, 0.15) is 44.1 Å². The zero-order valence-electron chi connectivity index (χ0n) is 25.7. The van der Waals surface area contributed by atoms with Crippen LogP contribution in [0.3, 0.4) is 0 Å². The lowest BCUT2D eigenvalue weighted by atomic mass is 9.90. The smallest absolute Gasteiger partial charge is 0.338 e. The molecule has 4 aromatic rings. The van der Waals surface area contributed by atoms with Crippen molar-refractivity contribution in [2.24, 2.45) is 0 Å². The number of nitrogens with one attached hydrogen (secondary N) is 2. The first-order chi connectivity index (χ1) is 22.4. The van der Waals surface area contributed by atoms with Crippen LogP contribution in [0.25, 0.3) is 0 Å². The van der Waals surface area contributed by atoms with Gasteiger partial charge >= 0.3 is 5.97 Å². The molecule has 0 radical (unpaired) electrons. The van der Waals surface area contributed by atoms with E-state index in [0.717, 1.165) is 22.3 Å². The van der Waals surface area contributed by atoms with Crippen molar-refractivity contribution in [2.75, 3.05) is 13.2 Å². The Hall–Kier alpha value is -5.52. The third-order valence-corrected chi connectivity index (χ3v) is 7.20. The Morgan fingerprint density at radius 3 is 2.11 bits per heavy atom. The van der Waals surface area contributed by atoms with Gasteiger partial charge < -0.3 is 20.1 Å². The van der Waals surface area contributed by atoms with E-state index in [9.17, 15) is 19.6 Å². The van der Waals surface area contributed by atoms with Gasteiger partial charge in [-0.25, -0.2) is 4.79 Å². The van der Waals surface area contributed by atoms with Gasteiger partial charge in [0.1, 0.15) is 18.7 Å². The van der Waals surface area contributed by atoms with E-state index in [1.165, 1.54) is 6.08 Å². The molecule has 0 bridgehead atoms. The monoisotopic (exact) mass is 615 g/mol. The third kappa shape index (κ3) is 9.74. The standard InChI is InChI=1S/C38H37N3O5/c1-3-20-46-38(44)32-19-11-14-29(22-32)25-45-26-33(24-39)40-36(42)34(23-28-13-10-12-27(2)21-28)41-37(43)35(30-15-6-4-7-16-30)31-17-8-5-9-18-31/h3-19,21-22,33-35H,1,20,23,25-26H2,2H3,(H,40,42)(H,41,43)/t33-,34+/m1/s1. The van der Waals surface area contributed by atoms with E-state index in [-0.39, 0.29) is 32.1 Å². The lowest BCUT2D eigenvalue weighted by molar-refractivity contribution is -0.129. The summed E-state index contributed by atoms with van der Waals surface area (Å²) in [5, 5.41) is 15.6. The molecule has 0 aromatic heterocycles. The van der Waals surface area contributed by atoms with E-state index in [4.69, 9.17) is 9.47 Å². The van der Waals surface area contributed by atoms with Gasteiger partial charge in [0.2, 0.25) is 11.8 Å². The van der Waals surface area contributed by atoms with Crippen LogP contribution in [0, 0.1) is 18.3 Å². The highest BCUT2D eigenvalue weighted by atomic mass is 16.5. The summed E-state index contributed by atoms with van der Waals surface area (Å²) >= 11 is 0. The largest absolute Gasteiger partial charge is 0.458 e. The van der Waals surface area contributed by atoms with Crippen molar-refractivity contribution >= 4 is 17.8 Å².